The van der Waals surface area contributed by atoms with E-state index in [1.54, 1.807) is 19.4 Å². The van der Waals surface area contributed by atoms with Gasteiger partial charge in [0, 0.05) is 38.4 Å². The smallest absolute Gasteiger partial charge is 0.323 e. The van der Waals surface area contributed by atoms with Crippen molar-refractivity contribution >= 4 is 11.8 Å². The number of carbonyl (C=O) groups excluding carboxylic acids is 1. The standard InChI is InChI=1S/C19H24N4O2/c1-15(16-6-5-7-17(14-16)25-2)22-10-12-23(13-11-22)19(24)21-18-8-3-4-9-20-18/h3-9,14-15H,10-13H2,1-2H3,(H,20,21,24)/t15-/m1/s1. The molecular weight excluding hydrogens is 316 g/mol. The van der Waals surface area contributed by atoms with E-state index in [0.29, 0.717) is 18.9 Å². The first-order valence-corrected chi connectivity index (χ1v) is 8.52. The third-order valence-corrected chi connectivity index (χ3v) is 4.63. The lowest BCUT2D eigenvalue weighted by Gasteiger charge is -2.38. The number of nitrogens with one attached hydrogen (secondary N) is 1. The molecule has 1 aromatic heterocycles. The molecular formula is C19H24N4O2. The molecule has 0 aliphatic carbocycles. The van der Waals surface area contributed by atoms with Crippen molar-refractivity contribution in [3.8, 4) is 5.75 Å². The second kappa shape index (κ2) is 7.98. The Labute approximate surface area is 148 Å². The molecule has 1 fully saturated rings. The monoisotopic (exact) mass is 340 g/mol. The summed E-state index contributed by atoms with van der Waals surface area (Å²) in [7, 11) is 1.68. The molecule has 6 nitrogen and oxygen atoms in total. The van der Waals surface area contributed by atoms with E-state index in [0.717, 1.165) is 18.8 Å². The third kappa shape index (κ3) is 4.28. The third-order valence-electron chi connectivity index (χ3n) is 4.63. The van der Waals surface area contributed by atoms with Crippen LogP contribution < -0.4 is 10.1 Å². The minimum Gasteiger partial charge on any atom is -0.497 e. The molecule has 2 aromatic rings. The highest BCUT2D eigenvalue weighted by Crippen LogP contribution is 2.25. The van der Waals surface area contributed by atoms with Gasteiger partial charge in [0.1, 0.15) is 11.6 Å². The van der Waals surface area contributed by atoms with Crippen molar-refractivity contribution in [3.05, 3.63) is 54.2 Å². The number of hydrogen-bond acceptors (Lipinski definition) is 4. The molecule has 0 spiro atoms. The summed E-state index contributed by atoms with van der Waals surface area (Å²) < 4.78 is 5.31. The molecule has 1 aromatic carbocycles. The number of ether oxygens (including phenoxy) is 1. The van der Waals surface area contributed by atoms with Gasteiger partial charge in [0.15, 0.2) is 0 Å². The van der Waals surface area contributed by atoms with Crippen molar-refractivity contribution in [2.75, 3.05) is 38.6 Å². The van der Waals surface area contributed by atoms with Gasteiger partial charge >= 0.3 is 6.03 Å². The Morgan fingerprint density at radius 3 is 2.64 bits per heavy atom. The van der Waals surface area contributed by atoms with Crippen LogP contribution in [0.4, 0.5) is 10.6 Å². The number of methoxy groups -OCH3 is 1. The number of pyridine rings is 1. The lowest BCUT2D eigenvalue weighted by molar-refractivity contribution is 0.119. The van der Waals surface area contributed by atoms with Crippen molar-refractivity contribution in [1.82, 2.24) is 14.8 Å². The molecule has 6 heteroatoms. The molecule has 2 amide bonds. The lowest BCUT2D eigenvalue weighted by atomic mass is 10.1. The summed E-state index contributed by atoms with van der Waals surface area (Å²) in [6.07, 6.45) is 1.67. The number of amides is 2. The van der Waals surface area contributed by atoms with Gasteiger partial charge in [0.2, 0.25) is 0 Å². The summed E-state index contributed by atoms with van der Waals surface area (Å²) in [5.41, 5.74) is 1.23. The average molecular weight is 340 g/mol. The first-order chi connectivity index (χ1) is 12.2. The number of carbonyl (C=O) groups is 1. The van der Waals surface area contributed by atoms with E-state index >= 15 is 0 Å². The van der Waals surface area contributed by atoms with Crippen molar-refractivity contribution in [1.29, 1.82) is 0 Å². The minimum atomic E-state index is -0.0904. The van der Waals surface area contributed by atoms with Gasteiger partial charge in [-0.1, -0.05) is 18.2 Å². The molecule has 0 bridgehead atoms. The van der Waals surface area contributed by atoms with Crippen LogP contribution in [0.3, 0.4) is 0 Å². The predicted molar refractivity (Wildman–Crippen MR) is 97.8 cm³/mol. The molecule has 1 atom stereocenters. The molecule has 132 valence electrons. The summed E-state index contributed by atoms with van der Waals surface area (Å²) in [6, 6.07) is 13.8. The minimum absolute atomic E-state index is 0.0904. The maximum Gasteiger partial charge on any atom is 0.323 e. The Bertz CT molecular complexity index is 700. The SMILES string of the molecule is COc1cccc([C@@H](C)N2CCN(C(=O)Nc3ccccn3)CC2)c1. The van der Waals surface area contributed by atoms with Gasteiger partial charge in [-0.25, -0.2) is 9.78 Å². The molecule has 1 aliphatic heterocycles. The van der Waals surface area contributed by atoms with Crippen molar-refractivity contribution < 1.29 is 9.53 Å². The van der Waals surface area contributed by atoms with E-state index < -0.39 is 0 Å². The topological polar surface area (TPSA) is 57.7 Å². The van der Waals surface area contributed by atoms with Crippen LogP contribution in [0, 0.1) is 0 Å². The van der Waals surface area contributed by atoms with E-state index in [2.05, 4.69) is 34.3 Å². The molecule has 3 rings (SSSR count). The molecule has 0 unspecified atom stereocenters. The van der Waals surface area contributed by atoms with Crippen molar-refractivity contribution in [2.24, 2.45) is 0 Å². The van der Waals surface area contributed by atoms with Crippen LogP contribution in [-0.2, 0) is 0 Å². The normalized spacial score (nSPS) is 16.3. The Morgan fingerprint density at radius 2 is 1.96 bits per heavy atom. The zero-order chi connectivity index (χ0) is 17.6. The molecule has 1 N–H and O–H groups in total. The number of piperazine rings is 1. The van der Waals surface area contributed by atoms with Crippen LogP contribution in [0.15, 0.2) is 48.7 Å². The van der Waals surface area contributed by atoms with Gasteiger partial charge in [-0.05, 0) is 36.8 Å². The first kappa shape index (κ1) is 17.2. The Balaban J connectivity index is 1.55. The highest BCUT2D eigenvalue weighted by atomic mass is 16.5. The van der Waals surface area contributed by atoms with E-state index in [1.807, 2.05) is 29.2 Å². The zero-order valence-corrected chi connectivity index (χ0v) is 14.7. The molecule has 1 aliphatic rings. The maximum atomic E-state index is 12.3. The fraction of sp³-hybridized carbons (Fsp3) is 0.368. The van der Waals surface area contributed by atoms with Crippen LogP contribution in [0.2, 0.25) is 0 Å². The zero-order valence-electron chi connectivity index (χ0n) is 14.7. The second-order valence-corrected chi connectivity index (χ2v) is 6.12. The number of aromatic nitrogens is 1. The van der Waals surface area contributed by atoms with Crippen LogP contribution >= 0.6 is 0 Å². The number of hydrogen-bond donors (Lipinski definition) is 1. The van der Waals surface area contributed by atoms with Crippen molar-refractivity contribution in [3.63, 3.8) is 0 Å². The number of rotatable bonds is 4. The molecule has 25 heavy (non-hydrogen) atoms. The largest absolute Gasteiger partial charge is 0.497 e. The summed E-state index contributed by atoms with van der Waals surface area (Å²) in [5.74, 6) is 1.46. The summed E-state index contributed by atoms with van der Waals surface area (Å²) in [6.45, 7) is 5.28. The van der Waals surface area contributed by atoms with Gasteiger partial charge in [-0.15, -0.1) is 0 Å². The lowest BCUT2D eigenvalue weighted by Crippen LogP contribution is -2.50. The first-order valence-electron chi connectivity index (χ1n) is 8.52. The highest BCUT2D eigenvalue weighted by molar-refractivity contribution is 5.88. The van der Waals surface area contributed by atoms with Gasteiger partial charge in [0.05, 0.1) is 7.11 Å². The molecule has 2 heterocycles. The quantitative estimate of drug-likeness (QED) is 0.929. The Hall–Kier alpha value is -2.60. The van der Waals surface area contributed by atoms with Crippen LogP contribution in [0.25, 0.3) is 0 Å². The molecule has 0 radical (unpaired) electrons. The maximum absolute atomic E-state index is 12.3. The second-order valence-electron chi connectivity index (χ2n) is 6.12. The Kier molecular flexibility index (Phi) is 5.50. The number of nitrogens with zero attached hydrogens (tertiary/aromatic N) is 3. The predicted octanol–water partition coefficient (Wildman–Crippen LogP) is 3.00. The number of anilines is 1. The Morgan fingerprint density at radius 1 is 1.16 bits per heavy atom. The fourth-order valence-corrected chi connectivity index (χ4v) is 3.05. The molecule has 0 saturated carbocycles. The number of urea groups is 1. The average Bonchev–Trinajstić information content (AvgIpc) is 2.68. The summed E-state index contributed by atoms with van der Waals surface area (Å²) >= 11 is 0. The summed E-state index contributed by atoms with van der Waals surface area (Å²) in [4.78, 5) is 20.7. The highest BCUT2D eigenvalue weighted by Gasteiger charge is 2.25. The van der Waals surface area contributed by atoms with E-state index in [4.69, 9.17) is 4.74 Å². The summed E-state index contributed by atoms with van der Waals surface area (Å²) in [5, 5.41) is 2.84. The van der Waals surface area contributed by atoms with E-state index in [1.165, 1.54) is 5.56 Å². The van der Waals surface area contributed by atoms with E-state index in [9.17, 15) is 4.79 Å². The fourth-order valence-electron chi connectivity index (χ4n) is 3.05. The van der Waals surface area contributed by atoms with Crippen LogP contribution in [0.1, 0.15) is 18.5 Å². The molecule has 1 saturated heterocycles. The van der Waals surface area contributed by atoms with Crippen LogP contribution in [-0.4, -0.2) is 54.1 Å². The van der Waals surface area contributed by atoms with Gasteiger partial charge in [-0.2, -0.15) is 0 Å². The van der Waals surface area contributed by atoms with E-state index in [-0.39, 0.29) is 12.1 Å². The van der Waals surface area contributed by atoms with Crippen molar-refractivity contribution in [2.45, 2.75) is 13.0 Å². The van der Waals surface area contributed by atoms with Gasteiger partial charge in [-0.3, -0.25) is 10.2 Å². The van der Waals surface area contributed by atoms with Gasteiger partial charge in [0.25, 0.3) is 0 Å². The van der Waals surface area contributed by atoms with Crippen LogP contribution in [0.5, 0.6) is 5.75 Å². The van der Waals surface area contributed by atoms with Gasteiger partial charge < -0.3 is 9.64 Å². The number of benzene rings is 1.